The molecule has 2 aliphatic rings. The maximum Gasteiger partial charge on any atom is 0.110 e. The molecular weight excluding hydrogens is 222 g/mol. The Morgan fingerprint density at radius 2 is 2.06 bits per heavy atom. The van der Waals surface area contributed by atoms with Crippen molar-refractivity contribution in [3.63, 3.8) is 0 Å². The zero-order chi connectivity index (χ0) is 11.9. The fraction of sp³-hybridized carbons (Fsp3) is 0.467. The molecule has 0 unspecified atom stereocenters. The molecule has 0 spiro atoms. The van der Waals surface area contributed by atoms with E-state index in [0.29, 0.717) is 5.92 Å². The highest BCUT2D eigenvalue weighted by Crippen LogP contribution is 2.33. The van der Waals surface area contributed by atoms with Gasteiger partial charge in [0.25, 0.3) is 0 Å². The van der Waals surface area contributed by atoms with Crippen molar-refractivity contribution < 1.29 is 0 Å². The highest BCUT2D eigenvalue weighted by molar-refractivity contribution is 5.86. The van der Waals surface area contributed by atoms with Crippen LogP contribution in [0.5, 0.6) is 0 Å². The van der Waals surface area contributed by atoms with Gasteiger partial charge in [-0.1, -0.05) is 31.4 Å². The Labute approximate surface area is 106 Å². The van der Waals surface area contributed by atoms with Crippen molar-refractivity contribution in [2.45, 2.75) is 44.4 Å². The Balaban J connectivity index is 1.81. The van der Waals surface area contributed by atoms with E-state index in [2.05, 4.69) is 22.1 Å². The number of pyridine rings is 1. The molecule has 1 N–H and O–H groups in total. The second-order valence-corrected chi connectivity index (χ2v) is 5.44. The number of aromatic nitrogens is 3. The van der Waals surface area contributed by atoms with E-state index in [-0.39, 0.29) is 0 Å². The Bertz CT molecular complexity index is 618. The molecule has 0 amide bonds. The second-order valence-electron chi connectivity index (χ2n) is 5.44. The van der Waals surface area contributed by atoms with Crippen LogP contribution < -0.4 is 0 Å². The summed E-state index contributed by atoms with van der Waals surface area (Å²) in [5, 5.41) is 0. The molecule has 2 aromatic rings. The Morgan fingerprint density at radius 3 is 2.94 bits per heavy atom. The van der Waals surface area contributed by atoms with Crippen molar-refractivity contribution >= 4 is 17.1 Å². The molecule has 1 saturated carbocycles. The predicted octanol–water partition coefficient (Wildman–Crippen LogP) is 3.57. The largest absolute Gasteiger partial charge is 0.340 e. The van der Waals surface area contributed by atoms with Gasteiger partial charge >= 0.3 is 0 Å². The summed E-state index contributed by atoms with van der Waals surface area (Å²) >= 11 is 0. The number of aromatic amines is 1. The number of hydrogen-bond donors (Lipinski definition) is 1. The highest BCUT2D eigenvalue weighted by atomic mass is 14.9. The third-order valence-electron chi connectivity index (χ3n) is 4.25. The standard InChI is InChI=1S/C15H17N3/c1-2-5-10(6-3-1)15-17-13-9-16-12-8-4-7-11(12)14(13)18-15/h4,7,9-10H,1-3,5-6,8H2,(H,17,18). The summed E-state index contributed by atoms with van der Waals surface area (Å²) in [6, 6.07) is 0. The van der Waals surface area contributed by atoms with E-state index < -0.39 is 0 Å². The predicted molar refractivity (Wildman–Crippen MR) is 72.5 cm³/mol. The lowest BCUT2D eigenvalue weighted by Gasteiger charge is -2.18. The minimum atomic E-state index is 0.632. The van der Waals surface area contributed by atoms with Crippen LogP contribution >= 0.6 is 0 Å². The van der Waals surface area contributed by atoms with Crippen molar-refractivity contribution in [3.8, 4) is 0 Å². The summed E-state index contributed by atoms with van der Waals surface area (Å²) in [6.45, 7) is 0. The third kappa shape index (κ3) is 1.50. The SMILES string of the molecule is C1=Cc2c(ncc3[nH]c(C4CCCCC4)nc23)C1. The molecule has 2 aliphatic carbocycles. The molecule has 1 fully saturated rings. The number of H-pyrrole nitrogens is 1. The van der Waals surface area contributed by atoms with Crippen molar-refractivity contribution in [1.82, 2.24) is 15.0 Å². The van der Waals surface area contributed by atoms with E-state index >= 15 is 0 Å². The van der Waals surface area contributed by atoms with Gasteiger partial charge in [-0.2, -0.15) is 0 Å². The summed E-state index contributed by atoms with van der Waals surface area (Å²) in [6.07, 6.45) is 13.9. The van der Waals surface area contributed by atoms with Gasteiger partial charge in [0.2, 0.25) is 0 Å². The van der Waals surface area contributed by atoms with Gasteiger partial charge in [0, 0.05) is 17.9 Å². The van der Waals surface area contributed by atoms with Crippen LogP contribution in [0, 0.1) is 0 Å². The van der Waals surface area contributed by atoms with Crippen molar-refractivity contribution in [1.29, 1.82) is 0 Å². The van der Waals surface area contributed by atoms with Crippen LogP contribution in [0.25, 0.3) is 17.1 Å². The summed E-state index contributed by atoms with van der Waals surface area (Å²) in [5.74, 6) is 1.81. The fourth-order valence-electron chi connectivity index (χ4n) is 3.25. The zero-order valence-corrected chi connectivity index (χ0v) is 10.4. The molecule has 3 heteroatoms. The first-order valence-electron chi connectivity index (χ1n) is 6.96. The molecule has 0 aliphatic heterocycles. The number of rotatable bonds is 1. The summed E-state index contributed by atoms with van der Waals surface area (Å²) in [4.78, 5) is 12.9. The topological polar surface area (TPSA) is 41.6 Å². The molecule has 92 valence electrons. The minimum absolute atomic E-state index is 0.632. The second kappa shape index (κ2) is 3.94. The Morgan fingerprint density at radius 1 is 1.17 bits per heavy atom. The van der Waals surface area contributed by atoms with E-state index in [1.807, 2.05) is 6.20 Å². The number of fused-ring (bicyclic) bond motifs is 3. The number of imidazole rings is 1. The maximum absolute atomic E-state index is 4.86. The van der Waals surface area contributed by atoms with E-state index in [0.717, 1.165) is 17.5 Å². The first-order chi connectivity index (χ1) is 8.92. The van der Waals surface area contributed by atoms with E-state index in [1.165, 1.54) is 49.2 Å². The first kappa shape index (κ1) is 10.3. The third-order valence-corrected chi connectivity index (χ3v) is 4.25. The fourth-order valence-corrected chi connectivity index (χ4v) is 3.25. The Kier molecular flexibility index (Phi) is 2.25. The van der Waals surface area contributed by atoms with E-state index in [9.17, 15) is 0 Å². The van der Waals surface area contributed by atoms with Gasteiger partial charge < -0.3 is 4.98 Å². The highest BCUT2D eigenvalue weighted by Gasteiger charge is 2.20. The van der Waals surface area contributed by atoms with Crippen LogP contribution in [0.1, 0.15) is 55.1 Å². The summed E-state index contributed by atoms with van der Waals surface area (Å²) in [5.41, 5.74) is 4.62. The number of hydrogen-bond acceptors (Lipinski definition) is 2. The van der Waals surface area contributed by atoms with Crippen molar-refractivity contribution in [3.05, 3.63) is 29.4 Å². The molecule has 0 saturated heterocycles. The van der Waals surface area contributed by atoms with Gasteiger partial charge in [-0.05, 0) is 12.8 Å². The zero-order valence-electron chi connectivity index (χ0n) is 10.4. The molecule has 4 rings (SSSR count). The molecule has 0 atom stereocenters. The lowest BCUT2D eigenvalue weighted by atomic mass is 9.89. The average molecular weight is 239 g/mol. The average Bonchev–Trinajstić information content (AvgIpc) is 3.05. The lowest BCUT2D eigenvalue weighted by molar-refractivity contribution is 0.431. The smallest absolute Gasteiger partial charge is 0.110 e. The van der Waals surface area contributed by atoms with Crippen LogP contribution in [-0.4, -0.2) is 15.0 Å². The van der Waals surface area contributed by atoms with Crippen molar-refractivity contribution in [2.24, 2.45) is 0 Å². The van der Waals surface area contributed by atoms with Gasteiger partial charge in [0.15, 0.2) is 0 Å². The molecule has 2 aromatic heterocycles. The molecule has 18 heavy (non-hydrogen) atoms. The molecule has 0 aromatic carbocycles. The number of nitrogens with zero attached hydrogens (tertiary/aromatic N) is 2. The number of nitrogens with one attached hydrogen (secondary N) is 1. The first-order valence-corrected chi connectivity index (χ1v) is 6.96. The monoisotopic (exact) mass is 239 g/mol. The van der Waals surface area contributed by atoms with E-state index in [4.69, 9.17) is 4.98 Å². The summed E-state index contributed by atoms with van der Waals surface area (Å²) in [7, 11) is 0. The summed E-state index contributed by atoms with van der Waals surface area (Å²) < 4.78 is 0. The minimum Gasteiger partial charge on any atom is -0.340 e. The van der Waals surface area contributed by atoms with Crippen LogP contribution in [0.2, 0.25) is 0 Å². The molecule has 3 nitrogen and oxygen atoms in total. The molecule has 0 bridgehead atoms. The van der Waals surface area contributed by atoms with E-state index in [1.54, 1.807) is 0 Å². The molecule has 0 radical (unpaired) electrons. The van der Waals surface area contributed by atoms with Crippen LogP contribution in [-0.2, 0) is 6.42 Å². The molecular formula is C15H17N3. The molecule has 2 heterocycles. The van der Waals surface area contributed by atoms with Gasteiger partial charge in [-0.3, -0.25) is 4.98 Å². The van der Waals surface area contributed by atoms with Crippen molar-refractivity contribution in [2.75, 3.05) is 0 Å². The van der Waals surface area contributed by atoms with Crippen LogP contribution in [0.3, 0.4) is 0 Å². The lowest BCUT2D eigenvalue weighted by Crippen LogP contribution is -2.05. The van der Waals surface area contributed by atoms with Crippen LogP contribution in [0.4, 0.5) is 0 Å². The number of allylic oxidation sites excluding steroid dienone is 1. The van der Waals surface area contributed by atoms with Crippen LogP contribution in [0.15, 0.2) is 12.3 Å². The normalized spacial score (nSPS) is 19.6. The quantitative estimate of drug-likeness (QED) is 0.826. The van der Waals surface area contributed by atoms with Gasteiger partial charge in [0.1, 0.15) is 5.82 Å². The Hall–Kier alpha value is -1.64. The van der Waals surface area contributed by atoms with Gasteiger partial charge in [0.05, 0.1) is 22.9 Å². The van der Waals surface area contributed by atoms with Gasteiger partial charge in [-0.25, -0.2) is 4.98 Å². The maximum atomic E-state index is 4.86. The van der Waals surface area contributed by atoms with Gasteiger partial charge in [-0.15, -0.1) is 0 Å².